The van der Waals surface area contributed by atoms with Crippen LogP contribution in [0.5, 0.6) is 23.0 Å². The molecule has 0 radical (unpaired) electrons. The van der Waals surface area contributed by atoms with Crippen LogP contribution < -0.4 is 29.5 Å². The van der Waals surface area contributed by atoms with Crippen molar-refractivity contribution in [1.82, 2.24) is 9.66 Å². The van der Waals surface area contributed by atoms with Crippen molar-refractivity contribution in [1.29, 1.82) is 0 Å². The van der Waals surface area contributed by atoms with Crippen LogP contribution in [0.3, 0.4) is 0 Å². The van der Waals surface area contributed by atoms with E-state index in [9.17, 15) is 9.59 Å². The van der Waals surface area contributed by atoms with Gasteiger partial charge >= 0.3 is 5.97 Å². The fourth-order valence-corrected chi connectivity index (χ4v) is 4.93. The minimum Gasteiger partial charge on any atom is -0.493 e. The third-order valence-electron chi connectivity index (χ3n) is 6.89. The van der Waals surface area contributed by atoms with E-state index in [0.29, 0.717) is 77.8 Å². The Balaban J connectivity index is 1.80. The number of ether oxygens (including phenoxy) is 6. The average Bonchev–Trinajstić information content (AvgIpc) is 3.03. The zero-order valence-corrected chi connectivity index (χ0v) is 23.3. The molecule has 11 nitrogen and oxygen atoms in total. The van der Waals surface area contributed by atoms with Crippen molar-refractivity contribution in [2.24, 2.45) is 0 Å². The maximum absolute atomic E-state index is 14.2. The highest BCUT2D eigenvalue weighted by Gasteiger charge is 2.29. The minimum absolute atomic E-state index is 0.0756. The predicted molar refractivity (Wildman–Crippen MR) is 152 cm³/mol. The lowest BCUT2D eigenvalue weighted by atomic mass is 9.96. The molecule has 0 unspecified atom stereocenters. The number of nitrogens with zero attached hydrogens (tertiary/aromatic N) is 3. The summed E-state index contributed by atoms with van der Waals surface area (Å²) in [4.78, 5) is 31.7. The summed E-state index contributed by atoms with van der Waals surface area (Å²) in [5, 5.41) is 2.69. The summed E-state index contributed by atoms with van der Waals surface area (Å²) in [5.74, 6) is 1.02. The number of benzene rings is 2. The summed E-state index contributed by atoms with van der Waals surface area (Å²) in [6.45, 7) is 1.91. The molecule has 1 saturated heterocycles. The molecule has 0 N–H and O–H groups in total. The number of rotatable bonds is 9. The van der Waals surface area contributed by atoms with Gasteiger partial charge in [0, 0.05) is 18.0 Å². The molecule has 3 heterocycles. The summed E-state index contributed by atoms with van der Waals surface area (Å²) in [5.41, 5.74) is 1.67. The first-order chi connectivity index (χ1) is 20.0. The minimum atomic E-state index is -0.669. The van der Waals surface area contributed by atoms with Crippen molar-refractivity contribution in [2.45, 2.75) is 6.61 Å². The Bertz CT molecular complexity index is 1590. The van der Waals surface area contributed by atoms with Gasteiger partial charge in [-0.05, 0) is 59.0 Å². The van der Waals surface area contributed by atoms with Gasteiger partial charge in [-0.3, -0.25) is 9.78 Å². The van der Waals surface area contributed by atoms with Crippen LogP contribution in [0.1, 0.15) is 16.1 Å². The van der Waals surface area contributed by atoms with Crippen LogP contribution in [-0.2, 0) is 16.1 Å². The Hall–Kier alpha value is -4.77. The lowest BCUT2D eigenvalue weighted by Gasteiger charge is -2.33. The highest BCUT2D eigenvalue weighted by Crippen LogP contribution is 2.43. The van der Waals surface area contributed by atoms with E-state index in [1.54, 1.807) is 47.7 Å². The van der Waals surface area contributed by atoms with Crippen LogP contribution in [0, 0.1) is 0 Å². The maximum Gasteiger partial charge on any atom is 0.357 e. The number of hydrogen-bond donors (Lipinski definition) is 0. The second-order valence-corrected chi connectivity index (χ2v) is 9.16. The Morgan fingerprint density at radius 1 is 0.902 bits per heavy atom. The molecular formula is C30H31N3O8. The van der Waals surface area contributed by atoms with Crippen LogP contribution in [0.4, 0.5) is 0 Å². The van der Waals surface area contributed by atoms with Gasteiger partial charge in [-0.2, -0.15) is 0 Å². The third-order valence-corrected chi connectivity index (χ3v) is 6.89. The quantitative estimate of drug-likeness (QED) is 0.282. The van der Waals surface area contributed by atoms with Gasteiger partial charge in [0.2, 0.25) is 5.75 Å². The zero-order valence-electron chi connectivity index (χ0n) is 23.3. The molecule has 1 aliphatic heterocycles. The molecule has 11 heteroatoms. The highest BCUT2D eigenvalue weighted by molar-refractivity contribution is 6.07. The SMILES string of the molecule is COC(=O)c1c(-c2cc(OC)c(OC)c(OC)c2)c2ccc(OCc3ccncc3)cc2c(=O)n1N1CCOCC1. The van der Waals surface area contributed by atoms with Crippen LogP contribution in [0.25, 0.3) is 21.9 Å². The van der Waals surface area contributed by atoms with Gasteiger partial charge in [0.05, 0.1) is 60.1 Å². The normalized spacial score (nSPS) is 13.1. The van der Waals surface area contributed by atoms with Crippen molar-refractivity contribution < 1.29 is 33.2 Å². The number of hydrogen-bond acceptors (Lipinski definition) is 10. The van der Waals surface area contributed by atoms with E-state index in [-0.39, 0.29) is 11.3 Å². The van der Waals surface area contributed by atoms with E-state index in [4.69, 9.17) is 28.4 Å². The number of carbonyl (C=O) groups is 1. The van der Waals surface area contributed by atoms with Crippen LogP contribution in [0.2, 0.25) is 0 Å². The third kappa shape index (κ3) is 5.36. The number of esters is 1. The lowest BCUT2D eigenvalue weighted by Crippen LogP contribution is -2.51. The number of morpholine rings is 1. The summed E-state index contributed by atoms with van der Waals surface area (Å²) >= 11 is 0. The lowest BCUT2D eigenvalue weighted by molar-refractivity contribution is 0.0580. The van der Waals surface area contributed by atoms with E-state index in [0.717, 1.165) is 5.56 Å². The van der Waals surface area contributed by atoms with Gasteiger partial charge in [-0.15, -0.1) is 0 Å². The Morgan fingerprint density at radius 2 is 1.59 bits per heavy atom. The monoisotopic (exact) mass is 561 g/mol. The Labute approximate surface area is 236 Å². The molecule has 2 aromatic heterocycles. The fraction of sp³-hybridized carbons (Fsp3) is 0.300. The molecule has 4 aromatic rings. The van der Waals surface area contributed by atoms with E-state index in [2.05, 4.69) is 4.98 Å². The Kier molecular flexibility index (Phi) is 8.25. The van der Waals surface area contributed by atoms with Crippen LogP contribution in [0.15, 0.2) is 59.7 Å². The van der Waals surface area contributed by atoms with Gasteiger partial charge in [0.25, 0.3) is 5.56 Å². The van der Waals surface area contributed by atoms with E-state index >= 15 is 0 Å². The largest absolute Gasteiger partial charge is 0.493 e. The maximum atomic E-state index is 14.2. The predicted octanol–water partition coefficient (Wildman–Crippen LogP) is 3.42. The zero-order chi connectivity index (χ0) is 28.9. The fourth-order valence-electron chi connectivity index (χ4n) is 4.93. The molecule has 1 aliphatic rings. The van der Waals surface area contributed by atoms with Gasteiger partial charge in [-0.25, -0.2) is 9.47 Å². The van der Waals surface area contributed by atoms with Crippen molar-refractivity contribution in [3.05, 3.63) is 76.5 Å². The smallest absolute Gasteiger partial charge is 0.357 e. The average molecular weight is 562 g/mol. The molecule has 41 heavy (non-hydrogen) atoms. The van der Waals surface area contributed by atoms with E-state index in [1.807, 2.05) is 12.1 Å². The summed E-state index contributed by atoms with van der Waals surface area (Å²) < 4.78 is 34.9. The van der Waals surface area contributed by atoms with Crippen LogP contribution >= 0.6 is 0 Å². The van der Waals surface area contributed by atoms with Crippen molar-refractivity contribution in [2.75, 3.05) is 59.8 Å². The topological polar surface area (TPSA) is 111 Å². The molecule has 0 aliphatic carbocycles. The van der Waals surface area contributed by atoms with Gasteiger partial charge in [-0.1, -0.05) is 0 Å². The molecule has 214 valence electrons. The molecule has 5 rings (SSSR count). The van der Waals surface area contributed by atoms with Crippen molar-refractivity contribution in [3.63, 3.8) is 0 Å². The van der Waals surface area contributed by atoms with E-state index < -0.39 is 5.97 Å². The molecule has 0 spiro atoms. The highest BCUT2D eigenvalue weighted by atomic mass is 16.5. The second-order valence-electron chi connectivity index (χ2n) is 9.16. The molecule has 2 aromatic carbocycles. The number of carbonyl (C=O) groups excluding carboxylic acids is 1. The van der Waals surface area contributed by atoms with Gasteiger partial charge in [0.1, 0.15) is 12.4 Å². The van der Waals surface area contributed by atoms with Gasteiger partial charge in [0.15, 0.2) is 17.2 Å². The molecule has 0 atom stereocenters. The van der Waals surface area contributed by atoms with Crippen molar-refractivity contribution in [3.8, 4) is 34.1 Å². The summed E-state index contributed by atoms with van der Waals surface area (Å²) in [6.07, 6.45) is 3.39. The molecular weight excluding hydrogens is 530 g/mol. The molecule has 0 bridgehead atoms. The second kappa shape index (κ2) is 12.2. The number of pyridine rings is 2. The number of methoxy groups -OCH3 is 4. The molecule has 1 fully saturated rings. The Morgan fingerprint density at radius 3 is 2.20 bits per heavy atom. The number of aromatic nitrogens is 2. The summed E-state index contributed by atoms with van der Waals surface area (Å²) in [7, 11) is 5.83. The summed E-state index contributed by atoms with van der Waals surface area (Å²) in [6, 6.07) is 12.4. The molecule has 0 saturated carbocycles. The standard InChI is InChI=1S/C30H31N3O8/c1-36-24-15-20(16-25(37-2)28(24)38-3)26-22-6-5-21(41-18-19-7-9-31-10-8-19)17-23(22)29(34)33(27(26)30(35)39-4)32-11-13-40-14-12-32/h5-10,15-17H,11-14,18H2,1-4H3. The number of fused-ring (bicyclic) bond motifs is 1. The first kappa shape index (κ1) is 27.8. The van der Waals surface area contributed by atoms with E-state index in [1.165, 1.54) is 33.1 Å². The van der Waals surface area contributed by atoms with Crippen LogP contribution in [-0.4, -0.2) is 70.4 Å². The first-order valence-corrected chi connectivity index (χ1v) is 13.0. The van der Waals surface area contributed by atoms with Crippen molar-refractivity contribution >= 4 is 16.7 Å². The molecule has 0 amide bonds. The van der Waals surface area contributed by atoms with Gasteiger partial charge < -0.3 is 33.4 Å². The first-order valence-electron chi connectivity index (χ1n) is 13.0.